The normalized spacial score (nSPS) is 16.9. The number of allylic oxidation sites excluding steroid dienone is 3. The van der Waals surface area contributed by atoms with Crippen LogP contribution in [0.25, 0.3) is 0 Å². The van der Waals surface area contributed by atoms with Crippen LogP contribution in [0.2, 0.25) is 0 Å². The number of carboxylic acid groups (broad SMARTS) is 1. The quantitative estimate of drug-likeness (QED) is 0.597. The second-order valence-corrected chi connectivity index (χ2v) is 2.86. The number of hydrogen-bond acceptors (Lipinski definition) is 6. The van der Waals surface area contributed by atoms with Crippen LogP contribution in [0, 0.1) is 0 Å². The molecule has 2 aliphatic rings. The molecule has 2 aliphatic heterocycles. The molecular weight excluding hydrogens is 237 g/mol. The van der Waals surface area contributed by atoms with Crippen molar-refractivity contribution in [3.63, 3.8) is 0 Å². The smallest absolute Gasteiger partial charge is 0.480 e. The van der Waals surface area contributed by atoms with Crippen LogP contribution >= 0.6 is 0 Å². The summed E-state index contributed by atoms with van der Waals surface area (Å²) in [4.78, 5) is 12.0. The van der Waals surface area contributed by atoms with Gasteiger partial charge in [0.2, 0.25) is 5.82 Å². The van der Waals surface area contributed by atoms with Crippen LogP contribution in [0.15, 0.2) is 56.6 Å². The van der Waals surface area contributed by atoms with Crippen molar-refractivity contribution < 1.29 is 61.3 Å². The average Bonchev–Trinajstić information content (AvgIpc) is 2.71. The van der Waals surface area contributed by atoms with Gasteiger partial charge in [-0.05, 0) is 22.6 Å². The summed E-state index contributed by atoms with van der Waals surface area (Å²) in [7, 11) is 0. The summed E-state index contributed by atoms with van der Waals surface area (Å²) in [5.74, 6) is -0.460. The van der Waals surface area contributed by atoms with Gasteiger partial charge in [-0.25, -0.2) is 0 Å². The molecule has 0 radical (unpaired) electrons. The number of nitrogens with zero attached hydrogens (tertiary/aromatic N) is 5. The van der Waals surface area contributed by atoms with Crippen molar-refractivity contribution in [3.8, 4) is 0 Å². The molecule has 0 amide bonds. The van der Waals surface area contributed by atoms with E-state index in [4.69, 9.17) is 5.11 Å². The van der Waals surface area contributed by atoms with Gasteiger partial charge >= 0.3 is 57.4 Å². The first-order chi connectivity index (χ1) is 7.25. The van der Waals surface area contributed by atoms with Gasteiger partial charge in [-0.1, -0.05) is 0 Å². The maximum absolute atomic E-state index is 10.4. The Bertz CT molecular complexity index is 408. The largest absolute Gasteiger partial charge is 1.00 e. The third-order valence-electron chi connectivity index (χ3n) is 1.79. The average molecular weight is 244 g/mol. The van der Waals surface area contributed by atoms with Crippen LogP contribution in [0.3, 0.4) is 0 Å². The van der Waals surface area contributed by atoms with E-state index in [-0.39, 0.29) is 57.9 Å². The van der Waals surface area contributed by atoms with Gasteiger partial charge in [0.1, 0.15) is 6.54 Å². The molecular formula is C8H7KN5O2+. The van der Waals surface area contributed by atoms with Crippen molar-refractivity contribution in [2.24, 2.45) is 20.7 Å². The minimum absolute atomic E-state index is 0. The van der Waals surface area contributed by atoms with Crippen molar-refractivity contribution in [1.82, 2.24) is 4.90 Å². The second-order valence-electron chi connectivity index (χ2n) is 2.86. The van der Waals surface area contributed by atoms with Gasteiger partial charge in [0, 0.05) is 18.0 Å². The standard InChI is InChI=1S/C8H7N5O2.K/c14-7(15)5-13-3-1-6(2-4-13)8-9-11-12-10-8;/h1-4H,5H2,(H,14,15);/q;+1. The topological polar surface area (TPSA) is 90.0 Å². The number of rotatable bonds is 2. The van der Waals surface area contributed by atoms with Crippen LogP contribution in [-0.2, 0) is 4.79 Å². The van der Waals surface area contributed by atoms with Gasteiger partial charge < -0.3 is 10.0 Å². The first kappa shape index (κ1) is 13.4. The molecule has 0 bridgehead atoms. The Balaban J connectivity index is 0.00000128. The molecule has 0 fully saturated rings. The van der Waals surface area contributed by atoms with Crippen LogP contribution in [0.4, 0.5) is 0 Å². The Morgan fingerprint density at radius 1 is 1.25 bits per heavy atom. The summed E-state index contributed by atoms with van der Waals surface area (Å²) >= 11 is 0. The van der Waals surface area contributed by atoms with E-state index in [0.29, 0.717) is 5.82 Å². The fraction of sp³-hybridized carbons (Fsp3) is 0.125. The Morgan fingerprint density at radius 2 is 1.81 bits per heavy atom. The van der Waals surface area contributed by atoms with Crippen molar-refractivity contribution in [3.05, 3.63) is 35.9 Å². The molecule has 0 aromatic rings. The first-order valence-corrected chi connectivity index (χ1v) is 4.16. The van der Waals surface area contributed by atoms with E-state index in [0.717, 1.165) is 5.57 Å². The Hall–Kier alpha value is -0.674. The first-order valence-electron chi connectivity index (χ1n) is 4.16. The van der Waals surface area contributed by atoms with Gasteiger partial charge in [-0.2, -0.15) is 0 Å². The van der Waals surface area contributed by atoms with Gasteiger partial charge in [0.15, 0.2) is 0 Å². The Labute approximate surface area is 134 Å². The molecule has 2 heterocycles. The molecule has 0 aliphatic carbocycles. The number of carboxylic acids is 1. The molecule has 1 N–H and O–H groups in total. The number of hydrogen-bond donors (Lipinski definition) is 1. The SMILES string of the molecule is O=C(O)CN1C=CC(=C2N=NN=N2)C=C1.[K+]. The predicted octanol–water partition coefficient (Wildman–Crippen LogP) is -1.54. The van der Waals surface area contributed by atoms with E-state index in [9.17, 15) is 4.79 Å². The van der Waals surface area contributed by atoms with E-state index >= 15 is 0 Å². The summed E-state index contributed by atoms with van der Waals surface area (Å²) < 4.78 is 0. The van der Waals surface area contributed by atoms with Crippen LogP contribution < -0.4 is 51.4 Å². The zero-order chi connectivity index (χ0) is 10.7. The fourth-order valence-electron chi connectivity index (χ4n) is 1.13. The van der Waals surface area contributed by atoms with Crippen LogP contribution in [-0.4, -0.2) is 22.5 Å². The van der Waals surface area contributed by atoms with Crippen LogP contribution in [0.1, 0.15) is 0 Å². The summed E-state index contributed by atoms with van der Waals surface area (Å²) in [6.07, 6.45) is 6.70. The van der Waals surface area contributed by atoms with E-state index in [1.807, 2.05) is 0 Å². The summed E-state index contributed by atoms with van der Waals surface area (Å²) in [6.45, 7) is -0.0708. The maximum atomic E-state index is 10.4. The molecule has 76 valence electrons. The molecule has 0 unspecified atom stereocenters. The molecule has 0 aromatic heterocycles. The maximum Gasteiger partial charge on any atom is 1.00 e. The fourth-order valence-corrected chi connectivity index (χ4v) is 1.13. The van der Waals surface area contributed by atoms with E-state index in [1.165, 1.54) is 4.90 Å². The third kappa shape index (κ3) is 3.42. The summed E-state index contributed by atoms with van der Waals surface area (Å²) in [6, 6.07) is 0. The van der Waals surface area contributed by atoms with E-state index < -0.39 is 5.97 Å². The van der Waals surface area contributed by atoms with E-state index in [1.54, 1.807) is 24.6 Å². The summed E-state index contributed by atoms with van der Waals surface area (Å²) in [5, 5.41) is 22.6. The van der Waals surface area contributed by atoms with Gasteiger partial charge in [0.05, 0.1) is 0 Å². The number of carbonyl (C=O) groups is 1. The molecule has 0 aromatic carbocycles. The molecule has 8 heteroatoms. The Morgan fingerprint density at radius 3 is 2.31 bits per heavy atom. The number of aliphatic carboxylic acids is 1. The van der Waals surface area contributed by atoms with E-state index in [2.05, 4.69) is 20.7 Å². The minimum Gasteiger partial charge on any atom is -0.480 e. The molecule has 0 atom stereocenters. The molecule has 0 saturated heterocycles. The van der Waals surface area contributed by atoms with Crippen molar-refractivity contribution in [2.45, 2.75) is 0 Å². The van der Waals surface area contributed by atoms with Crippen molar-refractivity contribution in [1.29, 1.82) is 0 Å². The predicted molar refractivity (Wildman–Crippen MR) is 49.4 cm³/mol. The molecule has 16 heavy (non-hydrogen) atoms. The molecule has 7 nitrogen and oxygen atoms in total. The van der Waals surface area contributed by atoms with Gasteiger partial charge in [-0.3, -0.25) is 4.79 Å². The molecule has 0 spiro atoms. The van der Waals surface area contributed by atoms with Crippen molar-refractivity contribution in [2.75, 3.05) is 6.54 Å². The van der Waals surface area contributed by atoms with Crippen LogP contribution in [0.5, 0.6) is 0 Å². The van der Waals surface area contributed by atoms with Crippen molar-refractivity contribution >= 4 is 5.97 Å². The Kier molecular flexibility index (Phi) is 5.15. The van der Waals surface area contributed by atoms with Gasteiger partial charge in [-0.15, -0.1) is 10.2 Å². The zero-order valence-electron chi connectivity index (χ0n) is 8.61. The summed E-state index contributed by atoms with van der Waals surface area (Å²) in [5.41, 5.74) is 0.752. The monoisotopic (exact) mass is 244 g/mol. The third-order valence-corrected chi connectivity index (χ3v) is 1.79. The van der Waals surface area contributed by atoms with Gasteiger partial charge in [0.25, 0.3) is 0 Å². The second kappa shape index (κ2) is 6.16. The minimum atomic E-state index is -0.888. The molecule has 0 saturated carbocycles. The zero-order valence-corrected chi connectivity index (χ0v) is 11.7. The molecule has 2 rings (SSSR count).